The van der Waals surface area contributed by atoms with Crippen molar-refractivity contribution in [1.29, 1.82) is 0 Å². The Bertz CT molecular complexity index is 912. The second-order valence-electron chi connectivity index (χ2n) is 8.51. The molecule has 2 atom stereocenters. The van der Waals surface area contributed by atoms with Gasteiger partial charge in [0.1, 0.15) is 6.04 Å². The molecule has 2 aliphatic rings. The summed E-state index contributed by atoms with van der Waals surface area (Å²) in [5, 5.41) is 5.92. The highest BCUT2D eigenvalue weighted by molar-refractivity contribution is 5.93. The lowest BCUT2D eigenvalue weighted by molar-refractivity contribution is -0.131. The van der Waals surface area contributed by atoms with Gasteiger partial charge in [0.2, 0.25) is 17.7 Å². The molecule has 6 nitrogen and oxygen atoms in total. The molecule has 1 aliphatic carbocycles. The molecule has 0 bridgehead atoms. The van der Waals surface area contributed by atoms with Gasteiger partial charge in [-0.2, -0.15) is 0 Å². The smallest absolute Gasteiger partial charge is 0.243 e. The number of nitrogens with zero attached hydrogens (tertiary/aromatic N) is 1. The lowest BCUT2D eigenvalue weighted by Gasteiger charge is -2.21. The molecule has 2 aromatic rings. The Morgan fingerprint density at radius 3 is 2.26 bits per heavy atom. The number of rotatable bonds is 9. The Labute approximate surface area is 183 Å². The largest absolute Gasteiger partial charge is 0.352 e. The Hall–Kier alpha value is -3.15. The molecule has 2 unspecified atom stereocenters. The minimum atomic E-state index is -0.635. The van der Waals surface area contributed by atoms with Crippen LogP contribution in [0, 0.1) is 5.92 Å². The lowest BCUT2D eigenvalue weighted by Crippen LogP contribution is -2.50. The molecular formula is C25H29N3O3. The van der Waals surface area contributed by atoms with Gasteiger partial charge in [-0.05, 0) is 30.4 Å². The van der Waals surface area contributed by atoms with Crippen molar-refractivity contribution in [3.8, 4) is 0 Å². The van der Waals surface area contributed by atoms with Crippen molar-refractivity contribution in [2.24, 2.45) is 5.92 Å². The van der Waals surface area contributed by atoms with E-state index in [4.69, 9.17) is 0 Å². The lowest BCUT2D eigenvalue weighted by atomic mass is 10.0. The number of carbonyl (C=O) groups is 3. The zero-order valence-corrected chi connectivity index (χ0v) is 17.6. The number of benzene rings is 2. The second kappa shape index (κ2) is 9.77. The van der Waals surface area contributed by atoms with Gasteiger partial charge in [0.15, 0.2) is 0 Å². The SMILES string of the molecule is O=C(NC(Cc1ccccc1)C(=O)NC1CC1)C1CC(=O)N(CCc2ccccc2)C1. The number of carbonyl (C=O) groups excluding carboxylic acids is 3. The van der Waals surface area contributed by atoms with E-state index < -0.39 is 12.0 Å². The van der Waals surface area contributed by atoms with Gasteiger partial charge < -0.3 is 15.5 Å². The third-order valence-corrected chi connectivity index (χ3v) is 5.94. The first-order valence-corrected chi connectivity index (χ1v) is 11.0. The van der Waals surface area contributed by atoms with Crippen molar-refractivity contribution >= 4 is 17.7 Å². The molecule has 31 heavy (non-hydrogen) atoms. The van der Waals surface area contributed by atoms with E-state index in [1.807, 2.05) is 60.7 Å². The van der Waals surface area contributed by atoms with Gasteiger partial charge in [-0.3, -0.25) is 14.4 Å². The number of hydrogen-bond acceptors (Lipinski definition) is 3. The molecule has 0 spiro atoms. The van der Waals surface area contributed by atoms with Crippen molar-refractivity contribution < 1.29 is 14.4 Å². The standard InChI is InChI=1S/C25H29N3O3/c29-23-16-20(17-28(23)14-13-18-7-3-1-4-8-18)24(30)27-22(25(31)26-21-11-12-21)15-19-9-5-2-6-10-19/h1-10,20-22H,11-17H2,(H,26,31)(H,27,30). The van der Waals surface area contributed by atoms with Crippen LogP contribution < -0.4 is 10.6 Å². The van der Waals surface area contributed by atoms with Crippen LogP contribution in [0.4, 0.5) is 0 Å². The molecule has 4 rings (SSSR count). The molecule has 2 fully saturated rings. The van der Waals surface area contributed by atoms with Crippen LogP contribution in [0.15, 0.2) is 60.7 Å². The van der Waals surface area contributed by atoms with Crippen LogP contribution in [0.3, 0.4) is 0 Å². The first kappa shape index (κ1) is 21.1. The fraction of sp³-hybridized carbons (Fsp3) is 0.400. The zero-order chi connectivity index (χ0) is 21.6. The molecule has 1 aliphatic heterocycles. The van der Waals surface area contributed by atoms with Gasteiger partial charge in [-0.25, -0.2) is 0 Å². The summed E-state index contributed by atoms with van der Waals surface area (Å²) in [4.78, 5) is 39.9. The molecule has 2 aromatic carbocycles. The van der Waals surface area contributed by atoms with E-state index in [0.717, 1.165) is 24.8 Å². The van der Waals surface area contributed by atoms with Crippen molar-refractivity contribution in [3.63, 3.8) is 0 Å². The van der Waals surface area contributed by atoms with Crippen molar-refractivity contribution in [1.82, 2.24) is 15.5 Å². The molecule has 2 N–H and O–H groups in total. The Balaban J connectivity index is 1.34. The minimum absolute atomic E-state index is 0.00174. The van der Waals surface area contributed by atoms with Gasteiger partial charge in [-0.15, -0.1) is 0 Å². The highest BCUT2D eigenvalue weighted by atomic mass is 16.2. The van der Waals surface area contributed by atoms with Crippen LogP contribution in [-0.2, 0) is 27.2 Å². The summed E-state index contributed by atoms with van der Waals surface area (Å²) in [6.45, 7) is 1.00. The number of hydrogen-bond donors (Lipinski definition) is 2. The normalized spacial score (nSPS) is 19.2. The highest BCUT2D eigenvalue weighted by Gasteiger charge is 2.36. The fourth-order valence-electron chi connectivity index (χ4n) is 3.95. The van der Waals surface area contributed by atoms with Gasteiger partial charge in [0.25, 0.3) is 0 Å². The summed E-state index contributed by atoms with van der Waals surface area (Å²) in [6, 6.07) is 19.3. The van der Waals surface area contributed by atoms with E-state index in [2.05, 4.69) is 10.6 Å². The summed E-state index contributed by atoms with van der Waals surface area (Å²) in [5.74, 6) is -0.791. The maximum atomic E-state index is 12.9. The summed E-state index contributed by atoms with van der Waals surface area (Å²) in [6.07, 6.45) is 3.38. The molecule has 162 valence electrons. The van der Waals surface area contributed by atoms with E-state index >= 15 is 0 Å². The average molecular weight is 420 g/mol. The quantitative estimate of drug-likeness (QED) is 0.653. The molecule has 0 aromatic heterocycles. The van der Waals surface area contributed by atoms with E-state index in [-0.39, 0.29) is 30.2 Å². The monoisotopic (exact) mass is 419 g/mol. The Kier molecular flexibility index (Phi) is 6.65. The molecule has 0 radical (unpaired) electrons. The predicted molar refractivity (Wildman–Crippen MR) is 118 cm³/mol. The average Bonchev–Trinajstić information content (AvgIpc) is 3.52. The molecule has 3 amide bonds. The van der Waals surface area contributed by atoms with E-state index in [0.29, 0.717) is 19.5 Å². The van der Waals surface area contributed by atoms with Crippen molar-refractivity contribution in [2.45, 2.75) is 44.2 Å². The van der Waals surface area contributed by atoms with E-state index in [1.54, 1.807) is 4.90 Å². The van der Waals surface area contributed by atoms with Crippen LogP contribution in [-0.4, -0.2) is 47.8 Å². The number of amides is 3. The van der Waals surface area contributed by atoms with Crippen LogP contribution in [0.2, 0.25) is 0 Å². The Morgan fingerprint density at radius 2 is 1.61 bits per heavy atom. The highest BCUT2D eigenvalue weighted by Crippen LogP contribution is 2.21. The van der Waals surface area contributed by atoms with Crippen molar-refractivity contribution in [3.05, 3.63) is 71.8 Å². The molecular weight excluding hydrogens is 390 g/mol. The predicted octanol–water partition coefficient (Wildman–Crippen LogP) is 2.08. The first-order chi connectivity index (χ1) is 15.1. The number of likely N-dealkylation sites (tertiary alicyclic amines) is 1. The molecule has 1 saturated heterocycles. The summed E-state index contributed by atoms with van der Waals surface area (Å²) < 4.78 is 0. The molecule has 6 heteroatoms. The molecule has 1 saturated carbocycles. The van der Waals surface area contributed by atoms with Crippen LogP contribution in [0.25, 0.3) is 0 Å². The zero-order valence-electron chi connectivity index (χ0n) is 17.6. The third kappa shape index (κ3) is 5.94. The topological polar surface area (TPSA) is 78.5 Å². The maximum Gasteiger partial charge on any atom is 0.243 e. The van der Waals surface area contributed by atoms with E-state index in [9.17, 15) is 14.4 Å². The van der Waals surface area contributed by atoms with Crippen molar-refractivity contribution in [2.75, 3.05) is 13.1 Å². The molecule has 1 heterocycles. The van der Waals surface area contributed by atoms with Gasteiger partial charge in [0.05, 0.1) is 5.92 Å². The van der Waals surface area contributed by atoms with Crippen LogP contribution >= 0.6 is 0 Å². The first-order valence-electron chi connectivity index (χ1n) is 11.0. The number of nitrogens with one attached hydrogen (secondary N) is 2. The minimum Gasteiger partial charge on any atom is -0.352 e. The summed E-state index contributed by atoms with van der Waals surface area (Å²) in [7, 11) is 0. The van der Waals surface area contributed by atoms with Crippen LogP contribution in [0.1, 0.15) is 30.4 Å². The van der Waals surface area contributed by atoms with Gasteiger partial charge >= 0.3 is 0 Å². The fourth-order valence-corrected chi connectivity index (χ4v) is 3.95. The summed E-state index contributed by atoms with van der Waals surface area (Å²) in [5.41, 5.74) is 2.16. The van der Waals surface area contributed by atoms with E-state index in [1.165, 1.54) is 5.56 Å². The second-order valence-corrected chi connectivity index (χ2v) is 8.51. The Morgan fingerprint density at radius 1 is 0.968 bits per heavy atom. The maximum absolute atomic E-state index is 12.9. The van der Waals surface area contributed by atoms with Gasteiger partial charge in [0, 0.05) is 32.0 Å². The van der Waals surface area contributed by atoms with Gasteiger partial charge in [-0.1, -0.05) is 60.7 Å². The summed E-state index contributed by atoms with van der Waals surface area (Å²) >= 11 is 0. The third-order valence-electron chi connectivity index (χ3n) is 5.94. The van der Waals surface area contributed by atoms with Crippen LogP contribution in [0.5, 0.6) is 0 Å².